The maximum Gasteiger partial charge on any atom is 0.240 e. The van der Waals surface area contributed by atoms with Crippen LogP contribution in [0.2, 0.25) is 0 Å². The first kappa shape index (κ1) is 20.7. The van der Waals surface area contributed by atoms with Crippen molar-refractivity contribution in [1.29, 1.82) is 0 Å². The highest BCUT2D eigenvalue weighted by Gasteiger charge is 2.16. The number of hydrogen-bond donors (Lipinski definition) is 2. The largest absolute Gasteiger partial charge is 0.491 e. The second-order valence-electron chi connectivity index (χ2n) is 6.63. The van der Waals surface area contributed by atoms with Gasteiger partial charge in [-0.15, -0.1) is 12.4 Å². The van der Waals surface area contributed by atoms with Crippen LogP contribution in [0.5, 0.6) is 5.75 Å². The Balaban J connectivity index is 0.00000243. The topological polar surface area (TPSA) is 67.4 Å². The number of benzene rings is 2. The molecule has 0 saturated heterocycles. The van der Waals surface area contributed by atoms with Gasteiger partial charge in [0.25, 0.3) is 0 Å². The summed E-state index contributed by atoms with van der Waals surface area (Å²) in [6.07, 6.45) is 0.0496. The van der Waals surface area contributed by atoms with Crippen LogP contribution in [0, 0.1) is 6.92 Å². The van der Waals surface area contributed by atoms with Gasteiger partial charge in [0.05, 0.1) is 11.0 Å². The van der Waals surface area contributed by atoms with Crippen molar-refractivity contribution in [2.75, 3.05) is 0 Å². The molecular weight excluding hydrogens is 372 g/mol. The van der Waals surface area contributed by atoms with Crippen molar-refractivity contribution in [3.63, 3.8) is 0 Å². The molecule has 0 fully saturated rings. The molecule has 0 bridgehead atoms. The number of rotatable bonds is 6. The van der Waals surface area contributed by atoms with E-state index in [0.717, 1.165) is 24.2 Å². The average Bonchev–Trinajstić information content (AvgIpc) is 3.02. The van der Waals surface area contributed by atoms with Gasteiger partial charge >= 0.3 is 0 Å². The maximum absolute atomic E-state index is 12.6. The van der Waals surface area contributed by atoms with Crippen molar-refractivity contribution in [3.05, 3.63) is 58.7 Å². The van der Waals surface area contributed by atoms with E-state index in [1.165, 1.54) is 11.1 Å². The number of aryl methyl sites for hydroxylation is 1. The fourth-order valence-electron chi connectivity index (χ4n) is 2.89. The first-order valence-electron chi connectivity index (χ1n) is 8.43. The molecule has 0 saturated carbocycles. The van der Waals surface area contributed by atoms with E-state index in [-0.39, 0.29) is 30.0 Å². The predicted octanol–water partition coefficient (Wildman–Crippen LogP) is 3.29. The Bertz CT molecular complexity index is 882. The Morgan fingerprint density at radius 3 is 2.54 bits per heavy atom. The minimum atomic E-state index is -3.56. The summed E-state index contributed by atoms with van der Waals surface area (Å²) in [6, 6.07) is 11.0. The molecule has 2 N–H and O–H groups in total. The van der Waals surface area contributed by atoms with Gasteiger partial charge in [0.1, 0.15) is 5.75 Å². The van der Waals surface area contributed by atoms with Gasteiger partial charge in [-0.3, -0.25) is 0 Å². The Hall–Kier alpha value is -1.60. The van der Waals surface area contributed by atoms with Gasteiger partial charge in [0.15, 0.2) is 0 Å². The molecule has 1 aliphatic rings. The lowest BCUT2D eigenvalue weighted by atomic mass is 10.1. The monoisotopic (exact) mass is 396 g/mol. The lowest BCUT2D eigenvalue weighted by Gasteiger charge is -2.14. The van der Waals surface area contributed by atoms with Gasteiger partial charge in [-0.05, 0) is 61.2 Å². The molecule has 1 heterocycles. The van der Waals surface area contributed by atoms with Crippen LogP contribution in [0.25, 0.3) is 0 Å². The molecule has 0 spiro atoms. The van der Waals surface area contributed by atoms with E-state index in [1.54, 1.807) is 18.2 Å². The number of fused-ring (bicyclic) bond motifs is 1. The van der Waals surface area contributed by atoms with Crippen molar-refractivity contribution < 1.29 is 13.2 Å². The van der Waals surface area contributed by atoms with E-state index < -0.39 is 10.0 Å². The second-order valence-corrected chi connectivity index (χ2v) is 8.39. The highest BCUT2D eigenvalue weighted by atomic mass is 35.5. The van der Waals surface area contributed by atoms with Crippen molar-refractivity contribution in [3.8, 4) is 5.75 Å². The summed E-state index contributed by atoms with van der Waals surface area (Å²) in [6.45, 7) is 7.73. The molecular formula is C19H25ClN2O3S. The number of sulfonamides is 1. The lowest BCUT2D eigenvalue weighted by molar-refractivity contribution is 0.240. The fraction of sp³-hybridized carbons (Fsp3) is 0.368. The fourth-order valence-corrected chi connectivity index (χ4v) is 4.00. The van der Waals surface area contributed by atoms with Crippen LogP contribution < -0.4 is 14.8 Å². The van der Waals surface area contributed by atoms with Crippen LogP contribution in [0.15, 0.2) is 41.3 Å². The van der Waals surface area contributed by atoms with Gasteiger partial charge in [-0.25, -0.2) is 13.1 Å². The molecule has 7 heteroatoms. The predicted molar refractivity (Wildman–Crippen MR) is 105 cm³/mol. The normalized spacial score (nSPS) is 13.4. The highest BCUT2D eigenvalue weighted by molar-refractivity contribution is 7.89. The maximum atomic E-state index is 12.6. The van der Waals surface area contributed by atoms with Gasteiger partial charge < -0.3 is 10.1 Å². The summed E-state index contributed by atoms with van der Waals surface area (Å²) in [7, 11) is -3.56. The summed E-state index contributed by atoms with van der Waals surface area (Å²) < 4.78 is 33.5. The standard InChI is InChI=1S/C19H24N2O3S.ClH/c1-13(2)24-19-7-6-18(8-14(19)3)25(22,23)21-10-15-4-5-16-11-20-12-17(16)9-15;/h4-9,13,20-21H,10-12H2,1-3H3;1H. The summed E-state index contributed by atoms with van der Waals surface area (Å²) in [4.78, 5) is 0.254. The molecule has 2 aromatic carbocycles. The molecule has 26 heavy (non-hydrogen) atoms. The molecule has 5 nitrogen and oxygen atoms in total. The van der Waals surface area contributed by atoms with Crippen LogP contribution in [0.4, 0.5) is 0 Å². The zero-order valence-electron chi connectivity index (χ0n) is 15.2. The molecule has 142 valence electrons. The summed E-state index contributed by atoms with van der Waals surface area (Å²) in [5, 5.41) is 3.29. The van der Waals surface area contributed by atoms with E-state index in [1.807, 2.05) is 26.8 Å². The van der Waals surface area contributed by atoms with Gasteiger partial charge in [0.2, 0.25) is 10.0 Å². The number of ether oxygens (including phenoxy) is 1. The molecule has 2 aromatic rings. The first-order valence-corrected chi connectivity index (χ1v) is 9.92. The summed E-state index contributed by atoms with van der Waals surface area (Å²) >= 11 is 0. The van der Waals surface area contributed by atoms with Gasteiger partial charge in [-0.2, -0.15) is 0 Å². The van der Waals surface area contributed by atoms with E-state index in [4.69, 9.17) is 4.74 Å². The minimum absolute atomic E-state index is 0. The molecule has 0 unspecified atom stereocenters. The van der Waals surface area contributed by atoms with Crippen LogP contribution in [-0.2, 0) is 29.7 Å². The van der Waals surface area contributed by atoms with Crippen molar-refractivity contribution in [2.24, 2.45) is 0 Å². The van der Waals surface area contributed by atoms with Crippen molar-refractivity contribution >= 4 is 22.4 Å². The van der Waals surface area contributed by atoms with E-state index >= 15 is 0 Å². The zero-order valence-corrected chi connectivity index (χ0v) is 16.8. The first-order chi connectivity index (χ1) is 11.8. The third-order valence-electron chi connectivity index (χ3n) is 4.19. The van der Waals surface area contributed by atoms with Crippen LogP contribution in [0.3, 0.4) is 0 Å². The van der Waals surface area contributed by atoms with E-state index in [2.05, 4.69) is 22.2 Å². The molecule has 0 aromatic heterocycles. The Morgan fingerprint density at radius 2 is 1.85 bits per heavy atom. The van der Waals surface area contributed by atoms with Crippen molar-refractivity contribution in [1.82, 2.24) is 10.0 Å². The molecule has 0 radical (unpaired) electrons. The third kappa shape index (κ3) is 4.76. The number of hydrogen-bond acceptors (Lipinski definition) is 4. The van der Waals surface area contributed by atoms with Crippen LogP contribution in [0.1, 0.15) is 36.1 Å². The van der Waals surface area contributed by atoms with Gasteiger partial charge in [-0.1, -0.05) is 18.2 Å². The molecule has 3 rings (SSSR count). The Labute approximate surface area is 161 Å². The highest BCUT2D eigenvalue weighted by Crippen LogP contribution is 2.23. The van der Waals surface area contributed by atoms with Gasteiger partial charge in [0, 0.05) is 19.6 Å². The second kappa shape index (κ2) is 8.39. The average molecular weight is 397 g/mol. The zero-order chi connectivity index (χ0) is 18.0. The quantitative estimate of drug-likeness (QED) is 0.786. The summed E-state index contributed by atoms with van der Waals surface area (Å²) in [5.41, 5.74) is 4.29. The summed E-state index contributed by atoms with van der Waals surface area (Å²) in [5.74, 6) is 0.708. The molecule has 0 atom stereocenters. The Kier molecular flexibility index (Phi) is 6.69. The smallest absolute Gasteiger partial charge is 0.240 e. The van der Waals surface area contributed by atoms with E-state index in [0.29, 0.717) is 5.75 Å². The molecule has 0 aliphatic carbocycles. The molecule has 1 aliphatic heterocycles. The number of halogens is 1. The van der Waals surface area contributed by atoms with Crippen molar-refractivity contribution in [2.45, 2.75) is 51.4 Å². The third-order valence-corrected chi connectivity index (χ3v) is 5.59. The molecule has 0 amide bonds. The van der Waals surface area contributed by atoms with Crippen LogP contribution >= 0.6 is 12.4 Å². The minimum Gasteiger partial charge on any atom is -0.491 e. The van der Waals surface area contributed by atoms with E-state index in [9.17, 15) is 8.42 Å². The lowest BCUT2D eigenvalue weighted by Crippen LogP contribution is -2.23. The SMILES string of the molecule is Cc1cc(S(=O)(=O)NCc2ccc3c(c2)CNC3)ccc1OC(C)C.Cl. The Morgan fingerprint density at radius 1 is 1.12 bits per heavy atom. The number of nitrogens with one attached hydrogen (secondary N) is 2. The van der Waals surface area contributed by atoms with Crippen LogP contribution in [-0.4, -0.2) is 14.5 Å².